The third-order valence-electron chi connectivity index (χ3n) is 8.12. The first-order valence-electron chi connectivity index (χ1n) is 15.0. The van der Waals surface area contributed by atoms with Gasteiger partial charge in [0.15, 0.2) is 17.3 Å². The molecule has 0 spiro atoms. The fraction of sp³-hybridized carbons (Fsp3) is 0.286. The van der Waals surface area contributed by atoms with Crippen LogP contribution >= 0.6 is 11.6 Å². The molecule has 0 radical (unpaired) electrons. The number of fused-ring (bicyclic) bond motifs is 2. The van der Waals surface area contributed by atoms with Gasteiger partial charge in [-0.3, -0.25) is 15.1 Å². The molecule has 2 aliphatic rings. The van der Waals surface area contributed by atoms with Crippen LogP contribution in [0.4, 0.5) is 4.39 Å². The van der Waals surface area contributed by atoms with Crippen LogP contribution in [0.2, 0.25) is 5.02 Å². The van der Waals surface area contributed by atoms with Gasteiger partial charge in [-0.2, -0.15) is 5.26 Å². The highest BCUT2D eigenvalue weighted by molar-refractivity contribution is 6.32. The maximum absolute atomic E-state index is 15.6. The minimum absolute atomic E-state index is 0.0183. The zero-order chi connectivity index (χ0) is 33.1. The van der Waals surface area contributed by atoms with Crippen molar-refractivity contribution in [3.8, 4) is 40.2 Å². The van der Waals surface area contributed by atoms with Gasteiger partial charge in [-0.25, -0.2) is 4.39 Å². The third kappa shape index (κ3) is 6.81. The molecule has 0 unspecified atom stereocenters. The molecule has 4 aromatic rings. The summed E-state index contributed by atoms with van der Waals surface area (Å²) in [4.78, 5) is 15.7. The average molecular weight is 660 g/mol. The van der Waals surface area contributed by atoms with E-state index in [9.17, 15) is 20.3 Å². The van der Waals surface area contributed by atoms with Gasteiger partial charge < -0.3 is 29.2 Å². The molecule has 0 fully saturated rings. The van der Waals surface area contributed by atoms with Gasteiger partial charge in [0, 0.05) is 41.7 Å². The molecule has 1 aliphatic carbocycles. The first-order valence-corrected chi connectivity index (χ1v) is 15.4. The quantitative estimate of drug-likeness (QED) is 0.182. The number of rotatable bonds is 11. The van der Waals surface area contributed by atoms with E-state index in [1.165, 1.54) is 13.1 Å². The number of aliphatic carboxylic acids is 1. The molecular formula is C35H31ClFN3O7. The van der Waals surface area contributed by atoms with Crippen molar-refractivity contribution < 1.29 is 38.3 Å². The highest BCUT2D eigenvalue weighted by Crippen LogP contribution is 2.45. The Morgan fingerprint density at radius 3 is 2.79 bits per heavy atom. The number of carboxylic acid groups (broad SMARTS) is 1. The van der Waals surface area contributed by atoms with Crippen molar-refractivity contribution in [1.82, 2.24) is 10.3 Å². The minimum Gasteiger partial charge on any atom is -0.488 e. The van der Waals surface area contributed by atoms with Gasteiger partial charge >= 0.3 is 5.97 Å². The van der Waals surface area contributed by atoms with Gasteiger partial charge in [-0.1, -0.05) is 29.8 Å². The number of halogens is 2. The van der Waals surface area contributed by atoms with Crippen molar-refractivity contribution in [3.05, 3.63) is 99.6 Å². The second kappa shape index (κ2) is 13.8. The summed E-state index contributed by atoms with van der Waals surface area (Å²) < 4.78 is 39.3. The average Bonchev–Trinajstić information content (AvgIpc) is 3.48. The summed E-state index contributed by atoms with van der Waals surface area (Å²) in [6.45, 7) is 2.11. The zero-order valence-corrected chi connectivity index (χ0v) is 26.1. The fourth-order valence-corrected chi connectivity index (χ4v) is 6.08. The summed E-state index contributed by atoms with van der Waals surface area (Å²) in [6, 6.07) is 14.9. The third-order valence-corrected chi connectivity index (χ3v) is 8.41. The number of carboxylic acids is 1. The molecule has 3 N–H and O–H groups in total. The Morgan fingerprint density at radius 2 is 2.00 bits per heavy atom. The van der Waals surface area contributed by atoms with Crippen LogP contribution in [0.1, 0.15) is 47.3 Å². The summed E-state index contributed by atoms with van der Waals surface area (Å²) in [7, 11) is 0. The predicted octanol–water partition coefficient (Wildman–Crippen LogP) is 5.75. The normalized spacial score (nSPS) is 16.1. The highest BCUT2D eigenvalue weighted by atomic mass is 35.5. The van der Waals surface area contributed by atoms with Gasteiger partial charge in [-0.05, 0) is 60.7 Å². The molecule has 0 bridgehead atoms. The second-order valence-corrected chi connectivity index (χ2v) is 11.7. The molecule has 10 nitrogen and oxygen atoms in total. The van der Waals surface area contributed by atoms with E-state index in [4.69, 9.17) is 30.5 Å². The summed E-state index contributed by atoms with van der Waals surface area (Å²) >= 11 is 6.72. The smallest absolute Gasteiger partial charge is 0.323 e. The Hall–Kier alpha value is -4.89. The maximum atomic E-state index is 15.6. The van der Waals surface area contributed by atoms with E-state index in [1.807, 2.05) is 24.3 Å². The second-order valence-electron chi connectivity index (χ2n) is 11.3. The maximum Gasteiger partial charge on any atom is 0.323 e. The molecule has 12 heteroatoms. The number of aromatic nitrogens is 1. The Balaban J connectivity index is 1.29. The van der Waals surface area contributed by atoms with Gasteiger partial charge in [-0.15, -0.1) is 0 Å². The number of hydrogen-bond donors (Lipinski definition) is 3. The molecule has 1 aromatic heterocycles. The Labute approximate surface area is 275 Å². The monoisotopic (exact) mass is 659 g/mol. The molecule has 3 atom stereocenters. The zero-order valence-electron chi connectivity index (χ0n) is 25.3. The lowest BCUT2D eigenvalue weighted by Gasteiger charge is -2.22. The number of benzene rings is 3. The molecule has 3 aromatic carbocycles. The van der Waals surface area contributed by atoms with Crippen molar-refractivity contribution in [3.63, 3.8) is 0 Å². The van der Waals surface area contributed by atoms with E-state index >= 15 is 4.39 Å². The van der Waals surface area contributed by atoms with Crippen LogP contribution in [-0.2, 0) is 24.4 Å². The van der Waals surface area contributed by atoms with Crippen LogP contribution < -0.4 is 24.3 Å². The number of aliphatic hydroxyl groups excluding tert-OH is 1. The molecule has 2 heterocycles. The molecule has 242 valence electrons. The number of pyridine rings is 1. The number of ether oxygens (including phenoxy) is 4. The molecular weight excluding hydrogens is 629 g/mol. The van der Waals surface area contributed by atoms with Crippen LogP contribution in [0.3, 0.4) is 0 Å². The molecule has 6 rings (SSSR count). The lowest BCUT2D eigenvalue weighted by atomic mass is 9.96. The topological polar surface area (TPSA) is 143 Å². The minimum atomic E-state index is -1.22. The van der Waals surface area contributed by atoms with Crippen molar-refractivity contribution in [1.29, 1.82) is 5.26 Å². The van der Waals surface area contributed by atoms with E-state index in [0.29, 0.717) is 59.0 Å². The summed E-state index contributed by atoms with van der Waals surface area (Å²) in [5.41, 5.74) is 4.59. The first kappa shape index (κ1) is 32.1. The van der Waals surface area contributed by atoms with Gasteiger partial charge in [0.1, 0.15) is 49.5 Å². The Morgan fingerprint density at radius 1 is 1.17 bits per heavy atom. The number of nitriles is 1. The molecule has 47 heavy (non-hydrogen) atoms. The van der Waals surface area contributed by atoms with Crippen molar-refractivity contribution in [2.24, 2.45) is 0 Å². The standard InChI is InChI=1S/C35H31ClFN3O7/c1-19(41)33(35(42)43)40-17-22-12-27(36)31(13-30(22)46-18-21-11-20(14-38)15-39-16-21)47-28-7-5-24-23(3-2-4-25(24)28)26-6-8-29-34(32(26)37)45-10-9-44-29/h2-4,6,8,11-13,15-16,19,28,33,40-41H,5,7,9-10,17-18H2,1H3,(H,42,43)/t19-,28+,33+/m1/s1. The Kier molecular flexibility index (Phi) is 9.45. The molecule has 1 aliphatic heterocycles. The van der Waals surface area contributed by atoms with E-state index in [2.05, 4.69) is 10.3 Å². The number of carbonyl (C=O) groups is 1. The highest BCUT2D eigenvalue weighted by Gasteiger charge is 2.30. The van der Waals surface area contributed by atoms with Crippen LogP contribution in [0.5, 0.6) is 23.0 Å². The van der Waals surface area contributed by atoms with Crippen LogP contribution in [0.25, 0.3) is 11.1 Å². The molecule has 0 saturated heterocycles. The lowest BCUT2D eigenvalue weighted by molar-refractivity contribution is -0.142. The van der Waals surface area contributed by atoms with Gasteiger partial charge in [0.25, 0.3) is 0 Å². The molecule has 0 amide bonds. The van der Waals surface area contributed by atoms with E-state index < -0.39 is 23.9 Å². The van der Waals surface area contributed by atoms with Gasteiger partial charge in [0.2, 0.25) is 0 Å². The number of hydrogen-bond acceptors (Lipinski definition) is 9. The van der Waals surface area contributed by atoms with Crippen molar-refractivity contribution >= 4 is 17.6 Å². The fourth-order valence-electron chi connectivity index (χ4n) is 5.85. The van der Waals surface area contributed by atoms with E-state index in [1.54, 1.807) is 36.5 Å². The SMILES string of the molecule is C[C@@H](O)[C@H](NCc1cc(Cl)c(O[C@H]2CCc3c(-c4ccc5c(c4F)OCCO5)cccc32)cc1OCc1cncc(C#N)c1)C(=O)O. The number of nitrogens with one attached hydrogen (secondary N) is 1. The first-order chi connectivity index (χ1) is 22.7. The Bertz CT molecular complexity index is 1860. The predicted molar refractivity (Wildman–Crippen MR) is 169 cm³/mol. The van der Waals surface area contributed by atoms with Crippen LogP contribution in [0, 0.1) is 17.1 Å². The van der Waals surface area contributed by atoms with Crippen molar-refractivity contribution in [2.45, 2.75) is 51.2 Å². The largest absolute Gasteiger partial charge is 0.488 e. The van der Waals surface area contributed by atoms with Crippen LogP contribution in [0.15, 0.2) is 60.9 Å². The summed E-state index contributed by atoms with van der Waals surface area (Å²) in [5.74, 6) is -0.471. The lowest BCUT2D eigenvalue weighted by Crippen LogP contribution is -2.44. The summed E-state index contributed by atoms with van der Waals surface area (Å²) in [6.07, 6.45) is 2.75. The number of nitrogens with zero attached hydrogens (tertiary/aromatic N) is 2. The van der Waals surface area contributed by atoms with Gasteiger partial charge in [0.05, 0.1) is 16.7 Å². The van der Waals surface area contributed by atoms with E-state index in [0.717, 1.165) is 16.7 Å². The van der Waals surface area contributed by atoms with Crippen molar-refractivity contribution in [2.75, 3.05) is 13.2 Å². The summed E-state index contributed by atoms with van der Waals surface area (Å²) in [5, 5.41) is 31.8. The number of aliphatic hydroxyl groups is 1. The molecule has 0 saturated carbocycles. The van der Waals surface area contributed by atoms with Crippen LogP contribution in [-0.4, -0.2) is 46.5 Å². The van der Waals surface area contributed by atoms with E-state index in [-0.39, 0.29) is 36.6 Å².